The zero-order valence-corrected chi connectivity index (χ0v) is 9.83. The van der Waals surface area contributed by atoms with E-state index in [-0.39, 0.29) is 18.6 Å². The van der Waals surface area contributed by atoms with Gasteiger partial charge in [-0.15, -0.1) is 0 Å². The zero-order chi connectivity index (χ0) is 11.3. The maximum Gasteiger partial charge on any atom is 0.129 e. The maximum atomic E-state index is 8.89. The number of pyridine rings is 1. The quantitative estimate of drug-likeness (QED) is 0.758. The first-order valence-corrected chi connectivity index (χ1v) is 5.47. The van der Waals surface area contributed by atoms with Crippen LogP contribution in [-0.2, 0) is 0 Å². The number of rotatable bonds is 5. The summed E-state index contributed by atoms with van der Waals surface area (Å²) in [5.41, 5.74) is 1.11. The van der Waals surface area contributed by atoms with Crippen LogP contribution in [0.2, 0.25) is 5.15 Å². The second-order valence-corrected chi connectivity index (χ2v) is 4.22. The van der Waals surface area contributed by atoms with E-state index >= 15 is 0 Å². The molecular formula is C11H17ClN2O. The predicted octanol–water partition coefficient (Wildman–Crippen LogP) is 2.01. The Morgan fingerprint density at radius 2 is 2.27 bits per heavy atom. The Kier molecular flexibility index (Phi) is 5.02. The summed E-state index contributed by atoms with van der Waals surface area (Å²) in [7, 11) is 0. The maximum absolute atomic E-state index is 8.89. The first kappa shape index (κ1) is 12.4. The van der Waals surface area contributed by atoms with E-state index in [0.717, 1.165) is 12.1 Å². The smallest absolute Gasteiger partial charge is 0.129 e. The van der Waals surface area contributed by atoms with Gasteiger partial charge in [-0.3, -0.25) is 0 Å². The van der Waals surface area contributed by atoms with Crippen molar-refractivity contribution in [1.29, 1.82) is 0 Å². The number of hydrogen-bond acceptors (Lipinski definition) is 3. The van der Waals surface area contributed by atoms with Crippen molar-refractivity contribution in [3.8, 4) is 0 Å². The van der Waals surface area contributed by atoms with E-state index < -0.39 is 0 Å². The molecule has 0 saturated carbocycles. The van der Waals surface area contributed by atoms with Crippen LogP contribution in [0.1, 0.15) is 25.5 Å². The number of aromatic nitrogens is 1. The number of halogens is 1. The first-order valence-electron chi connectivity index (χ1n) is 5.09. The molecule has 0 aliphatic carbocycles. The van der Waals surface area contributed by atoms with Crippen molar-refractivity contribution in [2.75, 3.05) is 13.2 Å². The minimum absolute atomic E-state index is 0.205. The lowest BCUT2D eigenvalue weighted by Gasteiger charge is -2.16. The molecule has 4 heteroatoms. The summed E-state index contributed by atoms with van der Waals surface area (Å²) in [6.45, 7) is 5.06. The Morgan fingerprint density at radius 3 is 2.87 bits per heavy atom. The van der Waals surface area contributed by atoms with Crippen LogP contribution in [0.15, 0.2) is 18.3 Å². The minimum atomic E-state index is 0.205. The normalized spacial score (nSPS) is 14.9. The molecule has 0 aliphatic rings. The van der Waals surface area contributed by atoms with Crippen LogP contribution in [0.25, 0.3) is 0 Å². The van der Waals surface area contributed by atoms with E-state index in [2.05, 4.69) is 17.2 Å². The van der Waals surface area contributed by atoms with Crippen LogP contribution < -0.4 is 5.32 Å². The predicted molar refractivity (Wildman–Crippen MR) is 61.9 cm³/mol. The molecule has 1 heterocycles. The summed E-state index contributed by atoms with van der Waals surface area (Å²) < 4.78 is 0. The van der Waals surface area contributed by atoms with Crippen LogP contribution in [0.3, 0.4) is 0 Å². The van der Waals surface area contributed by atoms with E-state index in [1.54, 1.807) is 6.20 Å². The summed E-state index contributed by atoms with van der Waals surface area (Å²) in [5, 5.41) is 12.7. The number of aliphatic hydroxyl groups excluding tert-OH is 1. The molecular weight excluding hydrogens is 212 g/mol. The van der Waals surface area contributed by atoms with Crippen molar-refractivity contribution < 1.29 is 5.11 Å². The lowest BCUT2D eigenvalue weighted by atomic mass is 10.1. The average Bonchev–Trinajstić information content (AvgIpc) is 2.25. The average molecular weight is 229 g/mol. The summed E-state index contributed by atoms with van der Waals surface area (Å²) in [4.78, 5) is 3.93. The summed E-state index contributed by atoms with van der Waals surface area (Å²) in [6, 6.07) is 4.01. The van der Waals surface area contributed by atoms with E-state index in [1.807, 2.05) is 19.1 Å². The fraction of sp³-hybridized carbons (Fsp3) is 0.545. The van der Waals surface area contributed by atoms with Gasteiger partial charge in [-0.1, -0.05) is 18.5 Å². The minimum Gasteiger partial charge on any atom is -0.396 e. The fourth-order valence-corrected chi connectivity index (χ4v) is 1.43. The van der Waals surface area contributed by atoms with Crippen LogP contribution in [0, 0.1) is 5.92 Å². The second-order valence-electron chi connectivity index (χ2n) is 3.83. The Bertz CT molecular complexity index is 306. The summed E-state index contributed by atoms with van der Waals surface area (Å²) >= 11 is 5.80. The Morgan fingerprint density at radius 1 is 1.53 bits per heavy atom. The molecule has 0 bridgehead atoms. The lowest BCUT2D eigenvalue weighted by molar-refractivity contribution is 0.231. The highest BCUT2D eigenvalue weighted by Crippen LogP contribution is 2.15. The first-order chi connectivity index (χ1) is 7.13. The van der Waals surface area contributed by atoms with Crippen molar-refractivity contribution >= 4 is 11.6 Å². The van der Waals surface area contributed by atoms with Crippen LogP contribution in [0.4, 0.5) is 0 Å². The van der Waals surface area contributed by atoms with Crippen molar-refractivity contribution in [3.05, 3.63) is 29.0 Å². The number of nitrogens with one attached hydrogen (secondary N) is 1. The second kappa shape index (κ2) is 6.05. The molecule has 15 heavy (non-hydrogen) atoms. The highest BCUT2D eigenvalue weighted by molar-refractivity contribution is 6.29. The largest absolute Gasteiger partial charge is 0.396 e. The third kappa shape index (κ3) is 4.16. The summed E-state index contributed by atoms with van der Waals surface area (Å²) in [6.07, 6.45) is 1.70. The van der Waals surface area contributed by atoms with Crippen LogP contribution in [-0.4, -0.2) is 23.2 Å². The molecule has 84 valence electrons. The summed E-state index contributed by atoms with van der Waals surface area (Å²) in [5.74, 6) is 0.268. The van der Waals surface area contributed by atoms with E-state index in [1.165, 1.54) is 0 Å². The van der Waals surface area contributed by atoms with Gasteiger partial charge in [0, 0.05) is 25.4 Å². The van der Waals surface area contributed by atoms with Gasteiger partial charge >= 0.3 is 0 Å². The molecule has 3 nitrogen and oxygen atoms in total. The molecule has 0 radical (unpaired) electrons. The van der Waals surface area contributed by atoms with Gasteiger partial charge in [-0.25, -0.2) is 4.98 Å². The number of aliphatic hydroxyl groups is 1. The topological polar surface area (TPSA) is 45.1 Å². The molecule has 0 aliphatic heterocycles. The lowest BCUT2D eigenvalue weighted by Crippen LogP contribution is -2.26. The number of nitrogens with zero attached hydrogens (tertiary/aromatic N) is 1. The van der Waals surface area contributed by atoms with Crippen molar-refractivity contribution in [1.82, 2.24) is 10.3 Å². The van der Waals surface area contributed by atoms with Gasteiger partial charge in [0.15, 0.2) is 0 Å². The molecule has 0 aromatic carbocycles. The third-order valence-electron chi connectivity index (χ3n) is 2.33. The van der Waals surface area contributed by atoms with Crippen molar-refractivity contribution in [3.63, 3.8) is 0 Å². The fourth-order valence-electron chi connectivity index (χ4n) is 1.25. The van der Waals surface area contributed by atoms with Gasteiger partial charge in [-0.05, 0) is 30.5 Å². The third-order valence-corrected chi connectivity index (χ3v) is 2.54. The van der Waals surface area contributed by atoms with E-state index in [9.17, 15) is 0 Å². The van der Waals surface area contributed by atoms with Crippen molar-refractivity contribution in [2.24, 2.45) is 5.92 Å². The molecule has 1 aromatic rings. The van der Waals surface area contributed by atoms with Crippen LogP contribution in [0.5, 0.6) is 0 Å². The molecule has 2 unspecified atom stereocenters. The molecule has 1 aromatic heterocycles. The van der Waals surface area contributed by atoms with Crippen LogP contribution >= 0.6 is 11.6 Å². The number of hydrogen-bond donors (Lipinski definition) is 2. The molecule has 1 rings (SSSR count). The Balaban J connectivity index is 2.50. The zero-order valence-electron chi connectivity index (χ0n) is 9.07. The van der Waals surface area contributed by atoms with Gasteiger partial charge in [0.05, 0.1) is 0 Å². The Hall–Kier alpha value is -0.640. The van der Waals surface area contributed by atoms with E-state index in [0.29, 0.717) is 5.15 Å². The molecule has 2 atom stereocenters. The van der Waals surface area contributed by atoms with Gasteiger partial charge < -0.3 is 10.4 Å². The van der Waals surface area contributed by atoms with E-state index in [4.69, 9.17) is 16.7 Å². The van der Waals surface area contributed by atoms with Gasteiger partial charge in [0.1, 0.15) is 5.15 Å². The highest BCUT2D eigenvalue weighted by atomic mass is 35.5. The molecule has 0 fully saturated rings. The Labute approximate surface area is 95.5 Å². The molecule has 0 saturated heterocycles. The molecule has 2 N–H and O–H groups in total. The van der Waals surface area contributed by atoms with Gasteiger partial charge in [0.2, 0.25) is 0 Å². The SMILES string of the molecule is CC(CO)CNC(C)c1ccnc(Cl)c1. The monoisotopic (exact) mass is 228 g/mol. The standard InChI is InChI=1S/C11H17ClN2O/c1-8(7-15)6-14-9(2)10-3-4-13-11(12)5-10/h3-5,8-9,14-15H,6-7H2,1-2H3. The molecule has 0 spiro atoms. The van der Waals surface area contributed by atoms with Gasteiger partial charge in [0.25, 0.3) is 0 Å². The van der Waals surface area contributed by atoms with Gasteiger partial charge in [-0.2, -0.15) is 0 Å². The molecule has 0 amide bonds. The highest BCUT2D eigenvalue weighted by Gasteiger charge is 2.07. The van der Waals surface area contributed by atoms with Crippen molar-refractivity contribution in [2.45, 2.75) is 19.9 Å².